The molecule has 7 heteroatoms. The maximum Gasteiger partial charge on any atom is 0.438 e. The topological polar surface area (TPSA) is 52.9 Å². The molecule has 1 atom stereocenters. The van der Waals surface area contributed by atoms with Crippen molar-refractivity contribution in [1.82, 2.24) is 5.01 Å². The molecule has 1 aliphatic rings. The SMILES string of the molecule is CCCCC1=NN(C(=O)Cc2ccccc2)C(O)(C(F)(F)F)C1. The number of unbranched alkanes of at least 4 members (excludes halogenated alkanes) is 1. The largest absolute Gasteiger partial charge is 0.438 e. The van der Waals surface area contributed by atoms with Gasteiger partial charge in [0, 0.05) is 12.1 Å². The van der Waals surface area contributed by atoms with E-state index in [1.807, 2.05) is 6.92 Å². The average molecular weight is 328 g/mol. The van der Waals surface area contributed by atoms with Gasteiger partial charge < -0.3 is 5.11 Å². The van der Waals surface area contributed by atoms with Crippen LogP contribution in [-0.4, -0.2) is 33.6 Å². The molecule has 0 aromatic heterocycles. The molecule has 2 rings (SSSR count). The fourth-order valence-corrected chi connectivity index (χ4v) is 2.47. The molecule has 1 aromatic rings. The Balaban J connectivity index is 2.23. The molecule has 126 valence electrons. The quantitative estimate of drug-likeness (QED) is 0.902. The zero-order valence-corrected chi connectivity index (χ0v) is 12.8. The Bertz CT molecular complexity index is 587. The molecule has 1 amide bonds. The molecule has 4 nitrogen and oxygen atoms in total. The second kappa shape index (κ2) is 6.70. The Morgan fingerprint density at radius 3 is 2.57 bits per heavy atom. The normalized spacial score (nSPS) is 21.4. The van der Waals surface area contributed by atoms with Gasteiger partial charge in [0.05, 0.1) is 6.42 Å². The molecule has 1 aromatic carbocycles. The fraction of sp³-hybridized carbons (Fsp3) is 0.500. The predicted molar refractivity (Wildman–Crippen MR) is 79.6 cm³/mol. The lowest BCUT2D eigenvalue weighted by molar-refractivity contribution is -0.302. The molecule has 1 unspecified atom stereocenters. The van der Waals surface area contributed by atoms with Crippen molar-refractivity contribution in [3.63, 3.8) is 0 Å². The second-order valence-corrected chi connectivity index (χ2v) is 5.63. The molecular weight excluding hydrogens is 309 g/mol. The number of aliphatic hydroxyl groups is 1. The molecule has 0 bridgehead atoms. The van der Waals surface area contributed by atoms with E-state index in [0.717, 1.165) is 6.42 Å². The minimum atomic E-state index is -4.96. The molecule has 0 aliphatic carbocycles. The minimum absolute atomic E-state index is 0.202. The van der Waals surface area contributed by atoms with Crippen LogP contribution in [0.3, 0.4) is 0 Å². The van der Waals surface area contributed by atoms with E-state index in [1.54, 1.807) is 30.3 Å². The smallest absolute Gasteiger partial charge is 0.362 e. The molecule has 0 fully saturated rings. The van der Waals surface area contributed by atoms with Crippen LogP contribution in [-0.2, 0) is 11.2 Å². The van der Waals surface area contributed by atoms with Gasteiger partial charge in [0.1, 0.15) is 0 Å². The Morgan fingerprint density at radius 1 is 1.35 bits per heavy atom. The third-order valence-electron chi connectivity index (χ3n) is 3.75. The highest BCUT2D eigenvalue weighted by Crippen LogP contribution is 2.41. The van der Waals surface area contributed by atoms with Crippen LogP contribution >= 0.6 is 0 Å². The van der Waals surface area contributed by atoms with Gasteiger partial charge in [-0.25, -0.2) is 0 Å². The van der Waals surface area contributed by atoms with E-state index in [1.165, 1.54) is 0 Å². The summed E-state index contributed by atoms with van der Waals surface area (Å²) in [5, 5.41) is 14.1. The first-order chi connectivity index (χ1) is 10.8. The number of rotatable bonds is 5. The standard InChI is InChI=1S/C16H19F3N2O2/c1-2-3-9-13-11-15(23,16(17,18)19)21(20-13)14(22)10-12-7-5-4-6-8-12/h4-8,23H,2-3,9-11H2,1H3. The summed E-state index contributed by atoms with van der Waals surface area (Å²) >= 11 is 0. The van der Waals surface area contributed by atoms with Crippen molar-refractivity contribution in [3.05, 3.63) is 35.9 Å². The van der Waals surface area contributed by atoms with Gasteiger partial charge in [-0.2, -0.15) is 23.3 Å². The summed E-state index contributed by atoms with van der Waals surface area (Å²) in [5.41, 5.74) is -2.48. The van der Waals surface area contributed by atoms with Gasteiger partial charge >= 0.3 is 6.18 Å². The molecule has 0 saturated carbocycles. The summed E-state index contributed by atoms with van der Waals surface area (Å²) in [5.74, 6) is -0.873. The van der Waals surface area contributed by atoms with Crippen molar-refractivity contribution >= 4 is 11.6 Å². The summed E-state index contributed by atoms with van der Waals surface area (Å²) in [7, 11) is 0. The van der Waals surface area contributed by atoms with E-state index in [9.17, 15) is 23.1 Å². The summed E-state index contributed by atoms with van der Waals surface area (Å²) in [6.07, 6.45) is -4.10. The lowest BCUT2D eigenvalue weighted by Gasteiger charge is -2.32. The number of nitrogens with zero attached hydrogens (tertiary/aromatic N) is 2. The van der Waals surface area contributed by atoms with E-state index in [4.69, 9.17) is 0 Å². The molecule has 0 saturated heterocycles. The summed E-state index contributed by atoms with van der Waals surface area (Å²) < 4.78 is 39.8. The maximum atomic E-state index is 13.3. The van der Waals surface area contributed by atoms with E-state index in [0.29, 0.717) is 18.4 Å². The van der Waals surface area contributed by atoms with Gasteiger partial charge in [-0.15, -0.1) is 0 Å². The highest BCUT2D eigenvalue weighted by Gasteiger charge is 2.62. The lowest BCUT2D eigenvalue weighted by atomic mass is 10.0. The Morgan fingerprint density at radius 2 is 2.00 bits per heavy atom. The van der Waals surface area contributed by atoms with Crippen LogP contribution in [0.15, 0.2) is 35.4 Å². The van der Waals surface area contributed by atoms with Gasteiger partial charge in [0.2, 0.25) is 5.91 Å². The molecule has 0 radical (unpaired) electrons. The number of amides is 1. The van der Waals surface area contributed by atoms with Crippen LogP contribution in [0.1, 0.15) is 38.2 Å². The molecular formula is C16H19F3N2O2. The van der Waals surface area contributed by atoms with Gasteiger partial charge in [0.25, 0.3) is 5.72 Å². The number of halogens is 3. The molecule has 1 aliphatic heterocycles. The van der Waals surface area contributed by atoms with Crippen molar-refractivity contribution in [1.29, 1.82) is 0 Å². The Labute approximate surface area is 132 Å². The highest BCUT2D eigenvalue weighted by molar-refractivity contribution is 5.91. The first-order valence-electron chi connectivity index (χ1n) is 7.50. The first-order valence-corrected chi connectivity index (χ1v) is 7.50. The van der Waals surface area contributed by atoms with Crippen molar-refractivity contribution in [2.24, 2.45) is 5.10 Å². The molecule has 23 heavy (non-hydrogen) atoms. The van der Waals surface area contributed by atoms with Gasteiger partial charge in [-0.3, -0.25) is 4.79 Å². The number of alkyl halides is 3. The average Bonchev–Trinajstić information content (AvgIpc) is 2.84. The van der Waals surface area contributed by atoms with E-state index in [2.05, 4.69) is 5.10 Å². The minimum Gasteiger partial charge on any atom is -0.362 e. The van der Waals surface area contributed by atoms with Gasteiger partial charge in [-0.1, -0.05) is 43.7 Å². The predicted octanol–water partition coefficient (Wildman–Crippen LogP) is 3.26. The highest BCUT2D eigenvalue weighted by atomic mass is 19.4. The van der Waals surface area contributed by atoms with Crippen LogP contribution in [0.2, 0.25) is 0 Å². The number of hydrogen-bond donors (Lipinski definition) is 1. The zero-order chi connectivity index (χ0) is 17.1. The molecule has 0 spiro atoms. The van der Waals surface area contributed by atoms with E-state index in [-0.39, 0.29) is 17.1 Å². The number of benzene rings is 1. The van der Waals surface area contributed by atoms with Crippen molar-refractivity contribution in [2.45, 2.75) is 50.9 Å². The van der Waals surface area contributed by atoms with Crippen LogP contribution in [0.25, 0.3) is 0 Å². The summed E-state index contributed by atoms with van der Waals surface area (Å²) in [6.45, 7) is 1.91. The maximum absolute atomic E-state index is 13.3. The van der Waals surface area contributed by atoms with Crippen LogP contribution in [0.4, 0.5) is 13.2 Å². The van der Waals surface area contributed by atoms with Gasteiger partial charge in [0.15, 0.2) is 0 Å². The third-order valence-corrected chi connectivity index (χ3v) is 3.75. The summed E-state index contributed by atoms with van der Waals surface area (Å²) in [6, 6.07) is 8.42. The van der Waals surface area contributed by atoms with Crippen molar-refractivity contribution < 1.29 is 23.1 Å². The van der Waals surface area contributed by atoms with E-state index >= 15 is 0 Å². The number of carbonyl (C=O) groups excluding carboxylic acids is 1. The number of hydrogen-bond acceptors (Lipinski definition) is 3. The zero-order valence-electron chi connectivity index (χ0n) is 12.8. The first kappa shape index (κ1) is 17.5. The van der Waals surface area contributed by atoms with Crippen LogP contribution in [0, 0.1) is 0 Å². The lowest BCUT2D eigenvalue weighted by Crippen LogP contribution is -2.57. The van der Waals surface area contributed by atoms with Gasteiger partial charge in [-0.05, 0) is 18.4 Å². The Hall–Kier alpha value is -1.89. The van der Waals surface area contributed by atoms with Crippen LogP contribution < -0.4 is 0 Å². The third kappa shape index (κ3) is 3.72. The monoisotopic (exact) mass is 328 g/mol. The second-order valence-electron chi connectivity index (χ2n) is 5.63. The number of hydrazone groups is 1. The Kier molecular flexibility index (Phi) is 5.09. The summed E-state index contributed by atoms with van der Waals surface area (Å²) in [4.78, 5) is 12.3. The molecule has 1 N–H and O–H groups in total. The number of carbonyl (C=O) groups is 1. The van der Waals surface area contributed by atoms with E-state index < -0.39 is 24.2 Å². The fourth-order valence-electron chi connectivity index (χ4n) is 2.47. The van der Waals surface area contributed by atoms with Crippen LogP contribution in [0.5, 0.6) is 0 Å². The molecule has 1 heterocycles. The van der Waals surface area contributed by atoms with Crippen molar-refractivity contribution in [2.75, 3.05) is 0 Å². The van der Waals surface area contributed by atoms with Crippen molar-refractivity contribution in [3.8, 4) is 0 Å².